The molecule has 0 radical (unpaired) electrons. The normalized spacial score (nSPS) is 14.8. The van der Waals surface area contributed by atoms with E-state index in [9.17, 15) is 14.4 Å². The Morgan fingerprint density at radius 1 is 1.12 bits per heavy atom. The molecule has 1 saturated heterocycles. The van der Waals surface area contributed by atoms with Gasteiger partial charge in [-0.25, -0.2) is 0 Å². The van der Waals surface area contributed by atoms with Gasteiger partial charge in [0.25, 0.3) is 5.91 Å². The lowest BCUT2D eigenvalue weighted by atomic mass is 10.1. The van der Waals surface area contributed by atoms with Crippen LogP contribution in [0.15, 0.2) is 36.4 Å². The molecule has 0 saturated carbocycles. The van der Waals surface area contributed by atoms with Gasteiger partial charge in [0.15, 0.2) is 0 Å². The maximum Gasteiger partial charge on any atom is 0.308 e. The quantitative estimate of drug-likeness (QED) is 0.480. The number of rotatable bonds is 4. The molecule has 0 aromatic heterocycles. The van der Waals surface area contributed by atoms with E-state index in [2.05, 4.69) is 0 Å². The molecule has 6 nitrogen and oxygen atoms in total. The standard InChI is InChI=1S/C18H22N2O4/c1-3-4-8-17(22)19-9-11-20(12-10-19)18(23)15-6-5-7-16(13-15)24-14(2)21/h4-8,13H,3,9-12H2,1-2H3/b8-4+. The highest BCUT2D eigenvalue weighted by molar-refractivity contribution is 5.95. The number of hydrogen-bond acceptors (Lipinski definition) is 4. The molecular weight excluding hydrogens is 308 g/mol. The molecule has 1 aromatic rings. The highest BCUT2D eigenvalue weighted by atomic mass is 16.5. The molecule has 0 aliphatic carbocycles. The third kappa shape index (κ3) is 4.68. The van der Waals surface area contributed by atoms with Crippen molar-refractivity contribution in [2.24, 2.45) is 0 Å². The van der Waals surface area contributed by atoms with Gasteiger partial charge in [0.1, 0.15) is 5.75 Å². The first-order valence-corrected chi connectivity index (χ1v) is 8.04. The van der Waals surface area contributed by atoms with Gasteiger partial charge in [0.05, 0.1) is 0 Å². The zero-order valence-electron chi connectivity index (χ0n) is 14.0. The Hall–Kier alpha value is -2.63. The number of amides is 2. The van der Waals surface area contributed by atoms with Gasteiger partial charge in [0.2, 0.25) is 5.91 Å². The number of nitrogens with zero attached hydrogens (tertiary/aromatic N) is 2. The van der Waals surface area contributed by atoms with E-state index in [0.717, 1.165) is 6.42 Å². The first kappa shape index (κ1) is 17.7. The fourth-order valence-electron chi connectivity index (χ4n) is 2.50. The molecule has 0 spiro atoms. The van der Waals surface area contributed by atoms with Crippen LogP contribution in [0.5, 0.6) is 5.75 Å². The second kappa shape index (κ2) is 8.29. The van der Waals surface area contributed by atoms with Gasteiger partial charge in [-0.1, -0.05) is 19.1 Å². The summed E-state index contributed by atoms with van der Waals surface area (Å²) in [5.41, 5.74) is 0.472. The van der Waals surface area contributed by atoms with Crippen LogP contribution < -0.4 is 4.74 Å². The molecule has 1 aromatic carbocycles. The van der Waals surface area contributed by atoms with Crippen molar-refractivity contribution >= 4 is 17.8 Å². The van der Waals surface area contributed by atoms with E-state index >= 15 is 0 Å². The lowest BCUT2D eigenvalue weighted by molar-refractivity contribution is -0.132. The molecule has 0 bridgehead atoms. The van der Waals surface area contributed by atoms with Crippen LogP contribution in [-0.2, 0) is 9.59 Å². The van der Waals surface area contributed by atoms with E-state index in [1.165, 1.54) is 6.92 Å². The largest absolute Gasteiger partial charge is 0.427 e. The number of carbonyl (C=O) groups excluding carboxylic acids is 3. The van der Waals surface area contributed by atoms with Crippen LogP contribution >= 0.6 is 0 Å². The fraction of sp³-hybridized carbons (Fsp3) is 0.389. The molecule has 2 rings (SSSR count). The predicted octanol–water partition coefficient (Wildman–Crippen LogP) is 1.86. The summed E-state index contributed by atoms with van der Waals surface area (Å²) in [6.45, 7) is 5.30. The zero-order valence-corrected chi connectivity index (χ0v) is 14.0. The van der Waals surface area contributed by atoms with Gasteiger partial charge < -0.3 is 14.5 Å². The van der Waals surface area contributed by atoms with Gasteiger partial charge in [-0.05, 0) is 30.7 Å². The molecule has 128 valence electrons. The lowest BCUT2D eigenvalue weighted by Gasteiger charge is -2.34. The summed E-state index contributed by atoms with van der Waals surface area (Å²) in [5.74, 6) is -0.209. The minimum Gasteiger partial charge on any atom is -0.427 e. The predicted molar refractivity (Wildman–Crippen MR) is 89.7 cm³/mol. The van der Waals surface area contributed by atoms with Crippen molar-refractivity contribution < 1.29 is 19.1 Å². The monoisotopic (exact) mass is 330 g/mol. The van der Waals surface area contributed by atoms with Crippen molar-refractivity contribution in [3.63, 3.8) is 0 Å². The Labute approximate surface area is 141 Å². The number of benzene rings is 1. The van der Waals surface area contributed by atoms with Crippen molar-refractivity contribution in [1.29, 1.82) is 0 Å². The van der Waals surface area contributed by atoms with E-state index < -0.39 is 5.97 Å². The molecule has 1 aliphatic rings. The van der Waals surface area contributed by atoms with Crippen LogP contribution in [0.2, 0.25) is 0 Å². The highest BCUT2D eigenvalue weighted by Gasteiger charge is 2.24. The van der Waals surface area contributed by atoms with Crippen LogP contribution in [0, 0.1) is 0 Å². The van der Waals surface area contributed by atoms with Crippen LogP contribution in [-0.4, -0.2) is 53.8 Å². The van der Waals surface area contributed by atoms with Crippen LogP contribution in [0.1, 0.15) is 30.6 Å². The molecule has 0 N–H and O–H groups in total. The Morgan fingerprint density at radius 2 is 1.79 bits per heavy atom. The summed E-state index contributed by atoms with van der Waals surface area (Å²) in [4.78, 5) is 39.0. The number of ether oxygens (including phenoxy) is 1. The average Bonchev–Trinajstić information content (AvgIpc) is 2.59. The molecule has 2 amide bonds. The first-order valence-electron chi connectivity index (χ1n) is 8.04. The minimum absolute atomic E-state index is 0.0131. The van der Waals surface area contributed by atoms with E-state index in [1.54, 1.807) is 40.1 Å². The van der Waals surface area contributed by atoms with Gasteiger partial charge in [0, 0.05) is 38.7 Å². The van der Waals surface area contributed by atoms with E-state index in [0.29, 0.717) is 37.5 Å². The molecular formula is C18H22N2O4. The summed E-state index contributed by atoms with van der Waals surface area (Å²) < 4.78 is 5.01. The summed E-state index contributed by atoms with van der Waals surface area (Å²) >= 11 is 0. The van der Waals surface area contributed by atoms with E-state index in [4.69, 9.17) is 4.74 Å². The average molecular weight is 330 g/mol. The van der Waals surface area contributed by atoms with Crippen molar-refractivity contribution in [1.82, 2.24) is 9.80 Å². The molecule has 24 heavy (non-hydrogen) atoms. The topological polar surface area (TPSA) is 66.9 Å². The number of allylic oxidation sites excluding steroid dienone is 1. The molecule has 0 atom stereocenters. The smallest absolute Gasteiger partial charge is 0.308 e. The van der Waals surface area contributed by atoms with Crippen molar-refractivity contribution in [2.45, 2.75) is 20.3 Å². The maximum atomic E-state index is 12.6. The number of hydrogen-bond donors (Lipinski definition) is 0. The molecule has 1 fully saturated rings. The van der Waals surface area contributed by atoms with Gasteiger partial charge in [-0.3, -0.25) is 14.4 Å². The molecule has 1 aliphatic heterocycles. The molecule has 6 heteroatoms. The van der Waals surface area contributed by atoms with E-state index in [-0.39, 0.29) is 11.8 Å². The summed E-state index contributed by atoms with van der Waals surface area (Å²) in [6.07, 6.45) is 4.24. The second-order valence-electron chi connectivity index (χ2n) is 5.55. The van der Waals surface area contributed by atoms with Gasteiger partial charge >= 0.3 is 5.97 Å². The maximum absolute atomic E-state index is 12.6. The second-order valence-corrected chi connectivity index (χ2v) is 5.55. The van der Waals surface area contributed by atoms with Crippen molar-refractivity contribution in [3.8, 4) is 5.75 Å². The first-order chi connectivity index (χ1) is 11.5. The Kier molecular flexibility index (Phi) is 6.12. The summed E-state index contributed by atoms with van der Waals surface area (Å²) in [7, 11) is 0. The van der Waals surface area contributed by atoms with E-state index in [1.807, 2.05) is 13.0 Å². The van der Waals surface area contributed by atoms with Crippen LogP contribution in [0.4, 0.5) is 0 Å². The lowest BCUT2D eigenvalue weighted by Crippen LogP contribution is -2.50. The Morgan fingerprint density at radius 3 is 2.42 bits per heavy atom. The van der Waals surface area contributed by atoms with Gasteiger partial charge in [-0.2, -0.15) is 0 Å². The third-order valence-electron chi connectivity index (χ3n) is 3.72. The Bertz CT molecular complexity index is 646. The minimum atomic E-state index is -0.424. The zero-order chi connectivity index (χ0) is 17.5. The van der Waals surface area contributed by atoms with Gasteiger partial charge in [-0.15, -0.1) is 0 Å². The SMILES string of the molecule is CC/C=C/C(=O)N1CCN(C(=O)c2cccc(OC(C)=O)c2)CC1. The van der Waals surface area contributed by atoms with Crippen molar-refractivity contribution in [3.05, 3.63) is 42.0 Å². The van der Waals surface area contributed by atoms with Crippen LogP contribution in [0.25, 0.3) is 0 Å². The summed E-state index contributed by atoms with van der Waals surface area (Å²) in [6, 6.07) is 6.57. The number of carbonyl (C=O) groups is 3. The highest BCUT2D eigenvalue weighted by Crippen LogP contribution is 2.16. The molecule has 1 heterocycles. The third-order valence-corrected chi connectivity index (χ3v) is 3.72. The number of esters is 1. The van der Waals surface area contributed by atoms with Crippen molar-refractivity contribution in [2.75, 3.05) is 26.2 Å². The fourth-order valence-corrected chi connectivity index (χ4v) is 2.50. The Balaban J connectivity index is 1.96. The summed E-state index contributed by atoms with van der Waals surface area (Å²) in [5, 5.41) is 0. The van der Waals surface area contributed by atoms with Crippen LogP contribution in [0.3, 0.4) is 0 Å². The molecule has 0 unspecified atom stereocenters. The number of piperazine rings is 1.